The van der Waals surface area contributed by atoms with E-state index in [1.165, 1.54) is 4.88 Å². The lowest BCUT2D eigenvalue weighted by molar-refractivity contribution is 0.448. The molecule has 0 saturated heterocycles. The molecule has 0 spiro atoms. The average molecular weight is 405 g/mol. The lowest BCUT2D eigenvalue weighted by Gasteiger charge is -2.29. The predicted molar refractivity (Wildman–Crippen MR) is 108 cm³/mol. The van der Waals surface area contributed by atoms with Crippen molar-refractivity contribution >= 4 is 52.8 Å². The van der Waals surface area contributed by atoms with E-state index in [1.54, 1.807) is 23.1 Å². The van der Waals surface area contributed by atoms with E-state index in [1.807, 2.05) is 13.0 Å². The number of fused-ring (bicyclic) bond motifs is 1. The van der Waals surface area contributed by atoms with Crippen molar-refractivity contribution in [3.05, 3.63) is 39.3 Å². The summed E-state index contributed by atoms with van der Waals surface area (Å²) < 4.78 is 0. The van der Waals surface area contributed by atoms with Crippen LogP contribution in [0.5, 0.6) is 0 Å². The van der Waals surface area contributed by atoms with Crippen molar-refractivity contribution < 1.29 is 0 Å². The molecule has 2 aromatic rings. The van der Waals surface area contributed by atoms with E-state index in [0.29, 0.717) is 5.15 Å². The van der Waals surface area contributed by atoms with E-state index in [0.717, 1.165) is 29.2 Å². The third-order valence-electron chi connectivity index (χ3n) is 4.08. The second-order valence-electron chi connectivity index (χ2n) is 6.10. The highest BCUT2D eigenvalue weighted by atomic mass is 35.5. The molecule has 0 fully saturated rings. The van der Waals surface area contributed by atoms with Crippen LogP contribution < -0.4 is 16.8 Å². The number of pyridine rings is 1. The largest absolute Gasteiger partial charge is 0.379 e. The average Bonchev–Trinajstić information content (AvgIpc) is 3.05. The van der Waals surface area contributed by atoms with Crippen LogP contribution >= 0.6 is 47.1 Å². The van der Waals surface area contributed by atoms with Gasteiger partial charge in [-0.1, -0.05) is 36.4 Å². The summed E-state index contributed by atoms with van der Waals surface area (Å²) in [5.41, 5.74) is 14.6. The molecule has 0 aromatic carbocycles. The number of hydrogen-bond donors (Lipinski definition) is 3. The molecule has 0 saturated carbocycles. The Morgan fingerprint density at radius 1 is 1.50 bits per heavy atom. The van der Waals surface area contributed by atoms with Crippen LogP contribution in [-0.4, -0.2) is 15.9 Å². The zero-order chi connectivity index (χ0) is 16.6. The van der Waals surface area contributed by atoms with Crippen molar-refractivity contribution in [1.29, 1.82) is 0 Å². The maximum Gasteiger partial charge on any atom is 0.131 e. The van der Waals surface area contributed by atoms with Gasteiger partial charge in [0, 0.05) is 23.4 Å². The molecular formula is C16H22Cl2N4S2. The summed E-state index contributed by atoms with van der Waals surface area (Å²) in [5.74, 6) is 0.106. The molecule has 3 atom stereocenters. The molecular weight excluding hydrogens is 383 g/mol. The van der Waals surface area contributed by atoms with Crippen LogP contribution in [0.2, 0.25) is 5.15 Å². The SMILES string of the molecule is CC1c2nc(Cl)cc(NCc3cccs3)c2SC1(N)C[C@@H](C)N.Cl. The van der Waals surface area contributed by atoms with Crippen LogP contribution in [-0.2, 0) is 6.54 Å². The second-order valence-corrected chi connectivity index (χ2v) is 8.89. The molecule has 4 nitrogen and oxygen atoms in total. The van der Waals surface area contributed by atoms with Gasteiger partial charge in [-0.25, -0.2) is 4.98 Å². The molecule has 2 unspecified atom stereocenters. The molecule has 0 radical (unpaired) electrons. The van der Waals surface area contributed by atoms with Crippen LogP contribution in [0.1, 0.15) is 36.8 Å². The number of hydrogen-bond acceptors (Lipinski definition) is 6. The minimum atomic E-state index is -0.437. The number of anilines is 1. The highest BCUT2D eigenvalue weighted by Crippen LogP contribution is 2.54. The van der Waals surface area contributed by atoms with Gasteiger partial charge in [-0.2, -0.15) is 0 Å². The molecule has 0 bridgehead atoms. The van der Waals surface area contributed by atoms with Crippen molar-refractivity contribution in [3.8, 4) is 0 Å². The third kappa shape index (κ3) is 4.00. The van der Waals surface area contributed by atoms with E-state index in [2.05, 4.69) is 34.7 Å². The van der Waals surface area contributed by atoms with Gasteiger partial charge in [0.15, 0.2) is 0 Å². The van der Waals surface area contributed by atoms with Crippen LogP contribution in [0.25, 0.3) is 0 Å². The number of nitrogens with two attached hydrogens (primary N) is 2. The minimum absolute atomic E-state index is 0. The second kappa shape index (κ2) is 7.81. The Labute approximate surface area is 162 Å². The number of thiophene rings is 1. The zero-order valence-electron chi connectivity index (χ0n) is 13.6. The van der Waals surface area contributed by atoms with Gasteiger partial charge in [0.25, 0.3) is 0 Å². The maximum atomic E-state index is 6.64. The summed E-state index contributed by atoms with van der Waals surface area (Å²) in [6.07, 6.45) is 0.733. The number of nitrogens with zero attached hydrogens (tertiary/aromatic N) is 1. The first kappa shape index (κ1) is 19.8. The number of rotatable bonds is 5. The zero-order valence-corrected chi connectivity index (χ0v) is 16.8. The molecule has 24 heavy (non-hydrogen) atoms. The molecule has 0 aliphatic carbocycles. The summed E-state index contributed by atoms with van der Waals surface area (Å²) in [5, 5.41) is 6.05. The van der Waals surface area contributed by atoms with Crippen molar-refractivity contribution in [3.63, 3.8) is 0 Å². The molecule has 1 aliphatic rings. The predicted octanol–water partition coefficient (Wildman–Crippen LogP) is 4.43. The quantitative estimate of drug-likeness (QED) is 0.642. The smallest absolute Gasteiger partial charge is 0.131 e. The van der Waals surface area contributed by atoms with Gasteiger partial charge in [-0.15, -0.1) is 23.7 Å². The summed E-state index contributed by atoms with van der Waals surface area (Å²) in [6.45, 7) is 4.86. The molecule has 3 heterocycles. The van der Waals surface area contributed by atoms with Crippen molar-refractivity contribution in [2.45, 2.75) is 48.5 Å². The maximum absolute atomic E-state index is 6.64. The Morgan fingerprint density at radius 2 is 2.25 bits per heavy atom. The van der Waals surface area contributed by atoms with E-state index in [9.17, 15) is 0 Å². The molecule has 0 amide bonds. The first-order chi connectivity index (χ1) is 10.9. The van der Waals surface area contributed by atoms with E-state index in [-0.39, 0.29) is 24.4 Å². The molecule has 5 N–H and O–H groups in total. The lowest BCUT2D eigenvalue weighted by Crippen LogP contribution is -2.43. The highest BCUT2D eigenvalue weighted by Gasteiger charge is 2.44. The van der Waals surface area contributed by atoms with Gasteiger partial charge in [0.2, 0.25) is 0 Å². The monoisotopic (exact) mass is 404 g/mol. The first-order valence-corrected chi connectivity index (χ1v) is 9.66. The Hall–Kier alpha value is -0.500. The Morgan fingerprint density at radius 3 is 2.88 bits per heavy atom. The molecule has 132 valence electrons. The number of nitrogens with one attached hydrogen (secondary N) is 1. The summed E-state index contributed by atoms with van der Waals surface area (Å²) >= 11 is 9.62. The third-order valence-corrected chi connectivity index (χ3v) is 6.68. The van der Waals surface area contributed by atoms with Crippen molar-refractivity contribution in [2.24, 2.45) is 11.5 Å². The minimum Gasteiger partial charge on any atom is -0.379 e. The first-order valence-electron chi connectivity index (χ1n) is 7.59. The normalized spacial score (nSPS) is 23.5. The van der Waals surface area contributed by atoms with Gasteiger partial charge in [-0.3, -0.25) is 0 Å². The van der Waals surface area contributed by atoms with Crippen LogP contribution in [0, 0.1) is 0 Å². The lowest BCUT2D eigenvalue weighted by atomic mass is 9.93. The summed E-state index contributed by atoms with van der Waals surface area (Å²) in [4.78, 5) is 6.47. The number of aromatic nitrogens is 1. The Bertz CT molecular complexity index is 694. The fourth-order valence-electron chi connectivity index (χ4n) is 2.88. The highest BCUT2D eigenvalue weighted by molar-refractivity contribution is 8.01. The van der Waals surface area contributed by atoms with Gasteiger partial charge in [-0.05, 0) is 30.9 Å². The van der Waals surface area contributed by atoms with Gasteiger partial charge >= 0.3 is 0 Å². The van der Waals surface area contributed by atoms with Gasteiger partial charge < -0.3 is 16.8 Å². The Kier molecular flexibility index (Phi) is 6.45. The van der Waals surface area contributed by atoms with Crippen LogP contribution in [0.4, 0.5) is 5.69 Å². The molecule has 2 aromatic heterocycles. The van der Waals surface area contributed by atoms with Crippen molar-refractivity contribution in [1.82, 2.24) is 4.98 Å². The van der Waals surface area contributed by atoms with E-state index < -0.39 is 4.87 Å². The number of thioether (sulfide) groups is 1. The standard InChI is InChI=1S/C16H21ClN4S2.ClH/c1-9(18)7-16(19)10(2)14-15(23-16)12(6-13(17)21-14)20-8-11-4-3-5-22-11;/h3-6,9-10H,7-8,18-19H2,1-2H3,(H,20,21);1H/t9-,10?,16?;/m1./s1. The van der Waals surface area contributed by atoms with E-state index in [4.69, 9.17) is 23.1 Å². The van der Waals surface area contributed by atoms with Crippen LogP contribution in [0.3, 0.4) is 0 Å². The fourth-order valence-corrected chi connectivity index (χ4v) is 5.31. The van der Waals surface area contributed by atoms with Gasteiger partial charge in [0.05, 0.1) is 21.1 Å². The molecule has 3 rings (SSSR count). The Balaban J connectivity index is 0.00000208. The van der Waals surface area contributed by atoms with Gasteiger partial charge in [0.1, 0.15) is 5.15 Å². The van der Waals surface area contributed by atoms with Crippen molar-refractivity contribution in [2.75, 3.05) is 5.32 Å². The summed E-state index contributed by atoms with van der Waals surface area (Å²) in [7, 11) is 0. The topological polar surface area (TPSA) is 77.0 Å². The molecule has 1 aliphatic heterocycles. The summed E-state index contributed by atoms with van der Waals surface area (Å²) in [6, 6.07) is 6.09. The van der Waals surface area contributed by atoms with E-state index >= 15 is 0 Å². The molecule has 8 heteroatoms. The van der Waals surface area contributed by atoms with Crippen LogP contribution in [0.15, 0.2) is 28.5 Å². The fraction of sp³-hybridized carbons (Fsp3) is 0.438. The number of halogens is 2.